The maximum atomic E-state index is 13.7. The van der Waals surface area contributed by atoms with Gasteiger partial charge in [0.2, 0.25) is 0 Å². The average Bonchev–Trinajstić information content (AvgIpc) is 2.90. The molecular weight excluding hydrogens is 259 g/mol. The predicted octanol–water partition coefficient (Wildman–Crippen LogP) is 1.85. The summed E-state index contributed by atoms with van der Waals surface area (Å²) in [4.78, 5) is 11.7. The number of rotatable bonds is 4. The molecule has 5 nitrogen and oxygen atoms in total. The summed E-state index contributed by atoms with van der Waals surface area (Å²) in [5.41, 5.74) is 5.99. The molecule has 2 amide bonds. The molecule has 0 aromatic heterocycles. The van der Waals surface area contributed by atoms with Crippen LogP contribution < -0.4 is 16.4 Å². The minimum absolute atomic E-state index is 0.114. The summed E-state index contributed by atoms with van der Waals surface area (Å²) >= 11 is 0. The van der Waals surface area contributed by atoms with Crippen molar-refractivity contribution in [2.75, 3.05) is 0 Å². The van der Waals surface area contributed by atoms with E-state index in [1.807, 2.05) is 0 Å². The summed E-state index contributed by atoms with van der Waals surface area (Å²) in [6.45, 7) is 0.114. The maximum Gasteiger partial charge on any atom is 0.315 e. The fourth-order valence-corrected chi connectivity index (χ4v) is 2.34. The first-order valence-corrected chi connectivity index (χ1v) is 6.73. The molecule has 0 saturated heterocycles. The molecule has 0 aliphatic heterocycles. The fourth-order valence-electron chi connectivity index (χ4n) is 2.34. The van der Waals surface area contributed by atoms with Crippen LogP contribution in [0.15, 0.2) is 18.2 Å². The quantitative estimate of drug-likeness (QED) is 0.500. The molecule has 1 fully saturated rings. The van der Waals surface area contributed by atoms with Crippen LogP contribution in [0.2, 0.25) is 0 Å². The highest BCUT2D eigenvalue weighted by molar-refractivity contribution is 5.94. The van der Waals surface area contributed by atoms with Crippen molar-refractivity contribution in [3.8, 4) is 0 Å². The second kappa shape index (κ2) is 6.36. The van der Waals surface area contributed by atoms with Gasteiger partial charge in [-0.25, -0.2) is 9.18 Å². The third-order valence-electron chi connectivity index (χ3n) is 3.49. The van der Waals surface area contributed by atoms with E-state index < -0.39 is 5.82 Å². The van der Waals surface area contributed by atoms with Crippen molar-refractivity contribution in [3.63, 3.8) is 0 Å². The predicted molar refractivity (Wildman–Crippen MR) is 75.0 cm³/mol. The minimum atomic E-state index is -0.473. The molecule has 0 radical (unpaired) electrons. The van der Waals surface area contributed by atoms with Gasteiger partial charge in [0.25, 0.3) is 0 Å². The van der Waals surface area contributed by atoms with Crippen LogP contribution in [0.4, 0.5) is 9.18 Å². The Morgan fingerprint density at radius 2 is 2.10 bits per heavy atom. The van der Waals surface area contributed by atoms with Crippen LogP contribution in [0, 0.1) is 11.2 Å². The molecule has 1 aromatic rings. The Bertz CT molecular complexity index is 512. The van der Waals surface area contributed by atoms with E-state index in [1.165, 1.54) is 12.1 Å². The van der Waals surface area contributed by atoms with E-state index in [9.17, 15) is 9.18 Å². The Kier molecular flexibility index (Phi) is 4.55. The van der Waals surface area contributed by atoms with Crippen molar-refractivity contribution in [1.29, 1.82) is 5.41 Å². The van der Waals surface area contributed by atoms with Gasteiger partial charge in [-0.05, 0) is 18.9 Å². The molecule has 20 heavy (non-hydrogen) atoms. The smallest absolute Gasteiger partial charge is 0.315 e. The first-order chi connectivity index (χ1) is 9.56. The zero-order valence-electron chi connectivity index (χ0n) is 11.2. The van der Waals surface area contributed by atoms with Crippen LogP contribution in [-0.4, -0.2) is 17.9 Å². The molecule has 0 heterocycles. The zero-order valence-corrected chi connectivity index (χ0v) is 11.2. The Hall–Kier alpha value is -2.11. The number of hydrogen-bond donors (Lipinski definition) is 4. The van der Waals surface area contributed by atoms with Gasteiger partial charge >= 0.3 is 6.03 Å². The van der Waals surface area contributed by atoms with Crippen molar-refractivity contribution in [3.05, 3.63) is 35.1 Å². The molecule has 2 rings (SSSR count). The summed E-state index contributed by atoms with van der Waals surface area (Å²) in [7, 11) is 0. The standard InChI is InChI=1S/C14H19FN4O/c15-12-7-9(13(16)17)5-6-10(12)8-18-14(20)19-11-3-1-2-4-11/h5-7,11H,1-4,8H2,(H3,16,17)(H2,18,19,20). The molecule has 1 aliphatic rings. The first-order valence-electron chi connectivity index (χ1n) is 6.73. The summed E-state index contributed by atoms with van der Waals surface area (Å²) in [6.07, 6.45) is 4.31. The van der Waals surface area contributed by atoms with E-state index in [4.69, 9.17) is 11.1 Å². The van der Waals surface area contributed by atoms with E-state index in [1.54, 1.807) is 6.07 Å². The number of nitrogens with two attached hydrogens (primary N) is 1. The molecule has 0 atom stereocenters. The molecule has 0 bridgehead atoms. The van der Waals surface area contributed by atoms with Crippen LogP contribution in [0.3, 0.4) is 0 Å². The highest BCUT2D eigenvalue weighted by Crippen LogP contribution is 2.17. The van der Waals surface area contributed by atoms with Crippen molar-refractivity contribution in [2.24, 2.45) is 5.73 Å². The van der Waals surface area contributed by atoms with Gasteiger partial charge in [0.1, 0.15) is 11.7 Å². The van der Waals surface area contributed by atoms with E-state index in [-0.39, 0.29) is 24.5 Å². The van der Waals surface area contributed by atoms with Crippen LogP contribution in [0.25, 0.3) is 0 Å². The van der Waals surface area contributed by atoms with E-state index in [2.05, 4.69) is 10.6 Å². The number of carbonyl (C=O) groups excluding carboxylic acids is 1. The molecule has 1 aliphatic carbocycles. The Balaban J connectivity index is 1.86. The third kappa shape index (κ3) is 3.69. The number of urea groups is 1. The van der Waals surface area contributed by atoms with Gasteiger partial charge in [0, 0.05) is 23.7 Å². The van der Waals surface area contributed by atoms with Gasteiger partial charge in [0.05, 0.1) is 0 Å². The number of nitrogens with one attached hydrogen (secondary N) is 3. The van der Waals surface area contributed by atoms with Crippen molar-refractivity contribution < 1.29 is 9.18 Å². The molecular formula is C14H19FN4O. The summed E-state index contributed by atoms with van der Waals surface area (Å²) < 4.78 is 13.7. The normalized spacial score (nSPS) is 15.1. The zero-order chi connectivity index (χ0) is 14.5. The highest BCUT2D eigenvalue weighted by atomic mass is 19.1. The van der Waals surface area contributed by atoms with Crippen LogP contribution >= 0.6 is 0 Å². The van der Waals surface area contributed by atoms with E-state index >= 15 is 0 Å². The molecule has 1 saturated carbocycles. The van der Waals surface area contributed by atoms with Crippen LogP contribution in [0.1, 0.15) is 36.8 Å². The Morgan fingerprint density at radius 1 is 1.40 bits per heavy atom. The number of benzene rings is 1. The van der Waals surface area contributed by atoms with Crippen molar-refractivity contribution >= 4 is 11.9 Å². The molecule has 108 valence electrons. The lowest BCUT2D eigenvalue weighted by Crippen LogP contribution is -2.40. The van der Waals surface area contributed by atoms with E-state index in [0.29, 0.717) is 11.1 Å². The van der Waals surface area contributed by atoms with Crippen molar-refractivity contribution in [1.82, 2.24) is 10.6 Å². The highest BCUT2D eigenvalue weighted by Gasteiger charge is 2.17. The molecule has 1 aromatic carbocycles. The lowest BCUT2D eigenvalue weighted by atomic mass is 10.1. The topological polar surface area (TPSA) is 91.0 Å². The maximum absolute atomic E-state index is 13.7. The van der Waals surface area contributed by atoms with Gasteiger partial charge in [0.15, 0.2) is 0 Å². The lowest BCUT2D eigenvalue weighted by molar-refractivity contribution is 0.236. The Morgan fingerprint density at radius 3 is 2.70 bits per heavy atom. The number of halogens is 1. The monoisotopic (exact) mass is 278 g/mol. The number of amides is 2. The van der Waals surface area contributed by atoms with Gasteiger partial charge < -0.3 is 16.4 Å². The van der Waals surface area contributed by atoms with E-state index in [0.717, 1.165) is 25.7 Å². The van der Waals surface area contributed by atoms with Crippen LogP contribution in [-0.2, 0) is 6.54 Å². The molecule has 0 unspecified atom stereocenters. The Labute approximate surface area is 117 Å². The molecule has 5 N–H and O–H groups in total. The number of carbonyl (C=O) groups is 1. The first kappa shape index (κ1) is 14.3. The van der Waals surface area contributed by atoms with Gasteiger partial charge in [-0.3, -0.25) is 5.41 Å². The summed E-state index contributed by atoms with van der Waals surface area (Å²) in [5.74, 6) is -0.652. The summed E-state index contributed by atoms with van der Waals surface area (Å²) in [5, 5.41) is 12.7. The van der Waals surface area contributed by atoms with Crippen molar-refractivity contribution in [2.45, 2.75) is 38.3 Å². The molecule has 6 heteroatoms. The van der Waals surface area contributed by atoms with Gasteiger partial charge in [-0.1, -0.05) is 25.0 Å². The average molecular weight is 278 g/mol. The number of hydrogen-bond acceptors (Lipinski definition) is 2. The second-order valence-electron chi connectivity index (χ2n) is 5.03. The number of amidine groups is 1. The minimum Gasteiger partial charge on any atom is -0.384 e. The molecule has 0 spiro atoms. The van der Waals surface area contributed by atoms with Gasteiger partial charge in [-0.2, -0.15) is 0 Å². The SMILES string of the molecule is N=C(N)c1ccc(CNC(=O)NC2CCCC2)c(F)c1. The fraction of sp³-hybridized carbons (Fsp3) is 0.429. The van der Waals surface area contributed by atoms with Crippen LogP contribution in [0.5, 0.6) is 0 Å². The second-order valence-corrected chi connectivity index (χ2v) is 5.03. The summed E-state index contributed by atoms with van der Waals surface area (Å²) in [6, 6.07) is 4.26. The van der Waals surface area contributed by atoms with Gasteiger partial charge in [-0.15, -0.1) is 0 Å². The lowest BCUT2D eigenvalue weighted by Gasteiger charge is -2.13. The number of nitrogen functional groups attached to an aromatic ring is 1. The third-order valence-corrected chi connectivity index (χ3v) is 3.49. The largest absolute Gasteiger partial charge is 0.384 e.